The van der Waals surface area contributed by atoms with Crippen LogP contribution in [0.5, 0.6) is 0 Å². The average molecular weight is 349 g/mol. The molecule has 3 rings (SSSR count). The van der Waals surface area contributed by atoms with Crippen LogP contribution in [0.4, 0.5) is 0 Å². The number of hydrogen-bond acceptors (Lipinski definition) is 1. The molecule has 1 aliphatic heterocycles. The van der Waals surface area contributed by atoms with E-state index < -0.39 is 0 Å². The fourth-order valence-corrected chi connectivity index (χ4v) is 3.88. The predicted octanol–water partition coefficient (Wildman–Crippen LogP) is 2.94. The molecule has 0 saturated carbocycles. The summed E-state index contributed by atoms with van der Waals surface area (Å²) in [5.74, 6) is 7.30. The van der Waals surface area contributed by atoms with Crippen LogP contribution >= 0.6 is 0 Å². The third kappa shape index (κ3) is 3.85. The Labute approximate surface area is 158 Å². The van der Waals surface area contributed by atoms with Crippen molar-refractivity contribution in [1.82, 2.24) is 0 Å². The fraction of sp³-hybridized carbons (Fsp3) is 0.417. The molecule has 2 heteroatoms. The summed E-state index contributed by atoms with van der Waals surface area (Å²) in [7, 11) is 0. The van der Waals surface area contributed by atoms with Gasteiger partial charge in [-0.25, -0.2) is 0 Å². The van der Waals surface area contributed by atoms with E-state index in [-0.39, 0.29) is 10.8 Å². The summed E-state index contributed by atoms with van der Waals surface area (Å²) in [6, 6.07) is 21.5. The minimum absolute atomic E-state index is 0.0386. The zero-order valence-corrected chi connectivity index (χ0v) is 16.2. The smallest absolute Gasteiger partial charge is 0.139 e. The van der Waals surface area contributed by atoms with Gasteiger partial charge in [-0.2, -0.15) is 0 Å². The van der Waals surface area contributed by atoms with E-state index >= 15 is 0 Å². The van der Waals surface area contributed by atoms with Crippen molar-refractivity contribution in [2.75, 3.05) is 32.8 Å². The number of morpholine rings is 1. The molecule has 0 radical (unpaired) electrons. The Bertz CT molecular complexity index is 704. The van der Waals surface area contributed by atoms with Crippen LogP contribution in [-0.4, -0.2) is 32.8 Å². The molecule has 1 fully saturated rings. The molecular formula is C24H30NO+. The zero-order valence-electron chi connectivity index (χ0n) is 16.2. The molecule has 2 nitrogen and oxygen atoms in total. The normalized spacial score (nSPS) is 16.0. The van der Waals surface area contributed by atoms with Crippen molar-refractivity contribution in [3.8, 4) is 11.8 Å². The van der Waals surface area contributed by atoms with E-state index in [1.165, 1.54) is 16.0 Å². The highest BCUT2D eigenvalue weighted by Gasteiger charge is 2.43. The fourth-order valence-electron chi connectivity index (χ4n) is 3.88. The molecule has 0 aliphatic carbocycles. The SMILES string of the molecule is CC(C)(C)C(C#CC[NH+]1CCOCC1)(c1ccccc1)c1ccccc1. The Morgan fingerprint density at radius 2 is 1.35 bits per heavy atom. The van der Waals surface area contributed by atoms with Gasteiger partial charge in [0.15, 0.2) is 0 Å². The van der Waals surface area contributed by atoms with Gasteiger partial charge in [0, 0.05) is 0 Å². The summed E-state index contributed by atoms with van der Waals surface area (Å²) in [4.78, 5) is 1.52. The molecule has 0 aromatic heterocycles. The molecule has 1 saturated heterocycles. The van der Waals surface area contributed by atoms with Crippen molar-refractivity contribution in [2.24, 2.45) is 5.41 Å². The summed E-state index contributed by atoms with van der Waals surface area (Å²) < 4.78 is 5.47. The van der Waals surface area contributed by atoms with E-state index in [1.54, 1.807) is 0 Å². The van der Waals surface area contributed by atoms with E-state index in [2.05, 4.69) is 93.3 Å². The van der Waals surface area contributed by atoms with Crippen LogP contribution in [-0.2, 0) is 10.2 Å². The molecule has 0 bridgehead atoms. The molecule has 136 valence electrons. The summed E-state index contributed by atoms with van der Waals surface area (Å²) in [6.45, 7) is 11.6. The molecule has 0 spiro atoms. The molecule has 26 heavy (non-hydrogen) atoms. The summed E-state index contributed by atoms with van der Waals surface area (Å²) in [5.41, 5.74) is 2.16. The van der Waals surface area contributed by atoms with Gasteiger partial charge in [0.1, 0.15) is 19.6 Å². The minimum Gasteiger partial charge on any atom is -0.370 e. The highest BCUT2D eigenvalue weighted by Crippen LogP contribution is 2.46. The highest BCUT2D eigenvalue weighted by molar-refractivity contribution is 5.50. The third-order valence-corrected chi connectivity index (χ3v) is 5.35. The quantitative estimate of drug-likeness (QED) is 0.842. The van der Waals surface area contributed by atoms with Gasteiger partial charge in [-0.15, -0.1) is 0 Å². The number of rotatable bonds is 3. The molecule has 1 N–H and O–H groups in total. The Kier molecular flexibility index (Phi) is 5.81. The number of benzene rings is 2. The summed E-state index contributed by atoms with van der Waals surface area (Å²) >= 11 is 0. The lowest BCUT2D eigenvalue weighted by molar-refractivity contribution is -0.900. The van der Waals surface area contributed by atoms with Crippen molar-refractivity contribution in [3.05, 3.63) is 71.8 Å². The van der Waals surface area contributed by atoms with E-state index in [4.69, 9.17) is 4.74 Å². The van der Waals surface area contributed by atoms with Gasteiger partial charge in [-0.05, 0) is 22.5 Å². The Morgan fingerprint density at radius 3 is 1.81 bits per heavy atom. The maximum Gasteiger partial charge on any atom is 0.139 e. The lowest BCUT2D eigenvalue weighted by Crippen LogP contribution is -3.14. The molecule has 0 atom stereocenters. The largest absolute Gasteiger partial charge is 0.370 e. The number of hydrogen-bond donors (Lipinski definition) is 1. The van der Waals surface area contributed by atoms with Crippen LogP contribution in [0.15, 0.2) is 60.7 Å². The first kappa shape index (κ1) is 18.7. The monoisotopic (exact) mass is 348 g/mol. The Balaban J connectivity index is 2.06. The Morgan fingerprint density at radius 1 is 0.846 bits per heavy atom. The van der Waals surface area contributed by atoms with Gasteiger partial charge in [-0.1, -0.05) is 87.4 Å². The van der Waals surface area contributed by atoms with Gasteiger partial charge in [0.05, 0.1) is 18.6 Å². The zero-order chi connectivity index (χ0) is 18.5. The summed E-state index contributed by atoms with van der Waals surface area (Å²) in [5, 5.41) is 0. The van der Waals surface area contributed by atoms with Crippen molar-refractivity contribution >= 4 is 0 Å². The predicted molar refractivity (Wildman–Crippen MR) is 107 cm³/mol. The van der Waals surface area contributed by atoms with Crippen LogP contribution in [0.1, 0.15) is 31.9 Å². The molecule has 1 heterocycles. The van der Waals surface area contributed by atoms with Gasteiger partial charge in [0.25, 0.3) is 0 Å². The standard InChI is InChI=1S/C24H29NO/c1-23(2,3)24(21-11-6-4-7-12-21,22-13-8-5-9-14-22)15-10-16-25-17-19-26-20-18-25/h4-9,11-14H,16-20H2,1-3H3/p+1. The van der Waals surface area contributed by atoms with Crippen LogP contribution in [0.3, 0.4) is 0 Å². The molecule has 0 amide bonds. The number of ether oxygens (including phenoxy) is 1. The average Bonchev–Trinajstić information content (AvgIpc) is 2.66. The van der Waals surface area contributed by atoms with Crippen LogP contribution in [0, 0.1) is 17.3 Å². The second kappa shape index (κ2) is 8.08. The van der Waals surface area contributed by atoms with Gasteiger partial charge >= 0.3 is 0 Å². The maximum atomic E-state index is 5.47. The highest BCUT2D eigenvalue weighted by atomic mass is 16.5. The summed E-state index contributed by atoms with van der Waals surface area (Å²) in [6.07, 6.45) is 0. The second-order valence-electron chi connectivity index (χ2n) is 8.07. The number of quaternary nitrogens is 1. The van der Waals surface area contributed by atoms with E-state index in [0.29, 0.717) is 0 Å². The molecule has 0 unspecified atom stereocenters. The first-order chi connectivity index (χ1) is 12.5. The van der Waals surface area contributed by atoms with Gasteiger partial charge < -0.3 is 9.64 Å². The van der Waals surface area contributed by atoms with E-state index in [9.17, 15) is 0 Å². The van der Waals surface area contributed by atoms with Crippen LogP contribution in [0.25, 0.3) is 0 Å². The second-order valence-corrected chi connectivity index (χ2v) is 8.07. The van der Waals surface area contributed by atoms with E-state index in [1.807, 2.05) is 0 Å². The van der Waals surface area contributed by atoms with Crippen LogP contribution in [0.2, 0.25) is 0 Å². The lowest BCUT2D eigenvalue weighted by atomic mass is 9.59. The topological polar surface area (TPSA) is 13.7 Å². The first-order valence-electron chi connectivity index (χ1n) is 9.56. The van der Waals surface area contributed by atoms with Crippen LogP contribution < -0.4 is 4.90 Å². The Hall–Kier alpha value is -2.08. The first-order valence-corrected chi connectivity index (χ1v) is 9.56. The van der Waals surface area contributed by atoms with Gasteiger partial charge in [0.2, 0.25) is 0 Å². The van der Waals surface area contributed by atoms with Crippen molar-refractivity contribution in [2.45, 2.75) is 26.2 Å². The third-order valence-electron chi connectivity index (χ3n) is 5.35. The molecule has 2 aromatic rings. The molecule has 2 aromatic carbocycles. The lowest BCUT2D eigenvalue weighted by Gasteiger charge is -2.42. The van der Waals surface area contributed by atoms with Crippen molar-refractivity contribution in [1.29, 1.82) is 0 Å². The minimum atomic E-state index is -0.332. The van der Waals surface area contributed by atoms with Crippen molar-refractivity contribution < 1.29 is 9.64 Å². The van der Waals surface area contributed by atoms with Crippen molar-refractivity contribution in [3.63, 3.8) is 0 Å². The maximum absolute atomic E-state index is 5.47. The molecular weight excluding hydrogens is 318 g/mol. The van der Waals surface area contributed by atoms with E-state index in [0.717, 1.165) is 32.8 Å². The number of nitrogens with one attached hydrogen (secondary N) is 1. The van der Waals surface area contributed by atoms with Gasteiger partial charge in [-0.3, -0.25) is 0 Å². The molecule has 1 aliphatic rings.